The van der Waals surface area contributed by atoms with Crippen LogP contribution in [-0.4, -0.2) is 19.3 Å². The molecular formula is C15H22ClNO. The van der Waals surface area contributed by atoms with Crippen molar-refractivity contribution in [3.05, 3.63) is 34.9 Å². The van der Waals surface area contributed by atoms with E-state index in [2.05, 4.69) is 31.3 Å². The van der Waals surface area contributed by atoms with E-state index in [4.69, 9.17) is 16.3 Å². The summed E-state index contributed by atoms with van der Waals surface area (Å²) in [7, 11) is 0. The van der Waals surface area contributed by atoms with Crippen molar-refractivity contribution in [1.29, 1.82) is 0 Å². The second-order valence-corrected chi connectivity index (χ2v) is 5.45. The number of hydrogen-bond acceptors (Lipinski definition) is 2. The minimum Gasteiger partial charge on any atom is -0.378 e. The minimum atomic E-state index is 0.318. The Balaban J connectivity index is 2.18. The molecular weight excluding hydrogens is 246 g/mol. The second kappa shape index (κ2) is 6.55. The van der Waals surface area contributed by atoms with Crippen molar-refractivity contribution >= 4 is 11.6 Å². The largest absolute Gasteiger partial charge is 0.378 e. The molecule has 1 aromatic rings. The molecule has 3 atom stereocenters. The summed E-state index contributed by atoms with van der Waals surface area (Å²) in [6.45, 7) is 6.26. The molecule has 0 radical (unpaired) electrons. The van der Waals surface area contributed by atoms with Gasteiger partial charge in [0.25, 0.3) is 0 Å². The lowest BCUT2D eigenvalue weighted by atomic mass is 9.88. The van der Waals surface area contributed by atoms with Crippen molar-refractivity contribution < 1.29 is 4.74 Å². The number of ether oxygens (including phenoxy) is 1. The highest BCUT2D eigenvalue weighted by Crippen LogP contribution is 2.34. The fraction of sp³-hybridized carbons (Fsp3) is 0.600. The Morgan fingerprint density at radius 1 is 1.50 bits per heavy atom. The van der Waals surface area contributed by atoms with Gasteiger partial charge in [0.2, 0.25) is 0 Å². The molecule has 1 heterocycles. The van der Waals surface area contributed by atoms with Gasteiger partial charge >= 0.3 is 0 Å². The normalized spacial score (nSPS) is 25.3. The summed E-state index contributed by atoms with van der Waals surface area (Å²) in [4.78, 5) is 0. The SMILES string of the molecule is CCCNC(c1cccc(Cl)c1)C1CCOC1C. The molecule has 0 saturated carbocycles. The van der Waals surface area contributed by atoms with E-state index in [-0.39, 0.29) is 0 Å². The standard InChI is InChI=1S/C15H22ClNO/c1-3-8-17-15(14-7-9-18-11(14)2)12-5-4-6-13(16)10-12/h4-6,10-11,14-15,17H,3,7-9H2,1-2H3. The number of benzene rings is 1. The van der Waals surface area contributed by atoms with Crippen LogP contribution in [0.2, 0.25) is 5.02 Å². The highest BCUT2D eigenvalue weighted by Gasteiger charge is 2.32. The molecule has 100 valence electrons. The van der Waals surface area contributed by atoms with Gasteiger partial charge in [0, 0.05) is 23.6 Å². The average molecular weight is 268 g/mol. The van der Waals surface area contributed by atoms with Gasteiger partial charge < -0.3 is 10.1 Å². The molecule has 0 aliphatic carbocycles. The Morgan fingerprint density at radius 2 is 2.33 bits per heavy atom. The maximum Gasteiger partial charge on any atom is 0.0594 e. The highest BCUT2D eigenvalue weighted by molar-refractivity contribution is 6.30. The van der Waals surface area contributed by atoms with E-state index in [0.717, 1.165) is 31.0 Å². The van der Waals surface area contributed by atoms with Gasteiger partial charge in [-0.05, 0) is 44.0 Å². The van der Waals surface area contributed by atoms with E-state index >= 15 is 0 Å². The first-order valence-corrected chi connectivity index (χ1v) is 7.20. The van der Waals surface area contributed by atoms with Crippen LogP contribution in [0.3, 0.4) is 0 Å². The van der Waals surface area contributed by atoms with E-state index in [9.17, 15) is 0 Å². The lowest BCUT2D eigenvalue weighted by molar-refractivity contribution is 0.0954. The number of nitrogens with one attached hydrogen (secondary N) is 1. The van der Waals surface area contributed by atoms with Gasteiger partial charge in [-0.3, -0.25) is 0 Å². The van der Waals surface area contributed by atoms with E-state index in [1.165, 1.54) is 5.56 Å². The third-order valence-corrected chi connectivity index (χ3v) is 3.92. The molecule has 18 heavy (non-hydrogen) atoms. The first kappa shape index (κ1) is 13.9. The Labute approximate surface area is 115 Å². The third-order valence-electron chi connectivity index (χ3n) is 3.69. The summed E-state index contributed by atoms with van der Waals surface area (Å²) in [5.41, 5.74) is 1.28. The van der Waals surface area contributed by atoms with Gasteiger partial charge in [-0.2, -0.15) is 0 Å². The summed E-state index contributed by atoms with van der Waals surface area (Å²) in [5.74, 6) is 0.537. The zero-order valence-corrected chi connectivity index (χ0v) is 11.9. The van der Waals surface area contributed by atoms with Crippen LogP contribution in [0.4, 0.5) is 0 Å². The van der Waals surface area contributed by atoms with Gasteiger partial charge in [-0.1, -0.05) is 30.7 Å². The van der Waals surface area contributed by atoms with Gasteiger partial charge in [0.1, 0.15) is 0 Å². The summed E-state index contributed by atoms with van der Waals surface area (Å²) >= 11 is 6.11. The van der Waals surface area contributed by atoms with Crippen LogP contribution in [0.25, 0.3) is 0 Å². The second-order valence-electron chi connectivity index (χ2n) is 5.02. The van der Waals surface area contributed by atoms with Crippen molar-refractivity contribution in [3.8, 4) is 0 Å². The molecule has 2 nitrogen and oxygen atoms in total. The van der Waals surface area contributed by atoms with Crippen LogP contribution in [-0.2, 0) is 4.74 Å². The zero-order chi connectivity index (χ0) is 13.0. The minimum absolute atomic E-state index is 0.318. The van der Waals surface area contributed by atoms with Crippen LogP contribution < -0.4 is 5.32 Å². The fourth-order valence-corrected chi connectivity index (χ4v) is 2.90. The first-order valence-electron chi connectivity index (χ1n) is 6.83. The molecule has 1 aliphatic rings. The molecule has 0 aromatic heterocycles. The lowest BCUT2D eigenvalue weighted by Gasteiger charge is -2.27. The van der Waals surface area contributed by atoms with Crippen molar-refractivity contribution in [2.75, 3.05) is 13.2 Å². The van der Waals surface area contributed by atoms with E-state index in [0.29, 0.717) is 18.1 Å². The van der Waals surface area contributed by atoms with Crippen LogP contribution in [0, 0.1) is 5.92 Å². The Kier molecular flexibility index (Phi) is 5.04. The molecule has 1 aromatic carbocycles. The molecule has 0 amide bonds. The lowest BCUT2D eigenvalue weighted by Crippen LogP contribution is -2.32. The van der Waals surface area contributed by atoms with Crippen molar-refractivity contribution in [2.45, 2.75) is 38.8 Å². The molecule has 1 aliphatic heterocycles. The van der Waals surface area contributed by atoms with Gasteiger partial charge in [0.15, 0.2) is 0 Å². The number of rotatable bonds is 5. The van der Waals surface area contributed by atoms with E-state index < -0.39 is 0 Å². The monoisotopic (exact) mass is 267 g/mol. The number of halogens is 1. The van der Waals surface area contributed by atoms with Gasteiger partial charge in [0.05, 0.1) is 6.10 Å². The molecule has 1 N–H and O–H groups in total. The summed E-state index contributed by atoms with van der Waals surface area (Å²) in [6, 6.07) is 8.53. The van der Waals surface area contributed by atoms with Crippen molar-refractivity contribution in [3.63, 3.8) is 0 Å². The molecule has 0 spiro atoms. The molecule has 3 unspecified atom stereocenters. The molecule has 3 heteroatoms. The van der Waals surface area contributed by atoms with Crippen LogP contribution in [0.5, 0.6) is 0 Å². The molecule has 1 saturated heterocycles. The fourth-order valence-electron chi connectivity index (χ4n) is 2.70. The number of hydrogen-bond donors (Lipinski definition) is 1. The summed E-state index contributed by atoms with van der Waals surface area (Å²) in [6.07, 6.45) is 2.58. The predicted octanol–water partition coefficient (Wildman–Crippen LogP) is 3.81. The molecule has 1 fully saturated rings. The Bertz CT molecular complexity index is 383. The predicted molar refractivity (Wildman–Crippen MR) is 76.0 cm³/mol. The molecule has 2 rings (SSSR count). The molecule has 0 bridgehead atoms. The summed E-state index contributed by atoms with van der Waals surface area (Å²) < 4.78 is 5.71. The van der Waals surface area contributed by atoms with Crippen LogP contribution in [0.1, 0.15) is 38.3 Å². The zero-order valence-electron chi connectivity index (χ0n) is 11.2. The highest BCUT2D eigenvalue weighted by atomic mass is 35.5. The Hall–Kier alpha value is -0.570. The average Bonchev–Trinajstić information content (AvgIpc) is 2.77. The van der Waals surface area contributed by atoms with Crippen LogP contribution >= 0.6 is 11.6 Å². The maximum absolute atomic E-state index is 6.11. The van der Waals surface area contributed by atoms with Crippen molar-refractivity contribution in [1.82, 2.24) is 5.32 Å². The van der Waals surface area contributed by atoms with E-state index in [1.807, 2.05) is 12.1 Å². The quantitative estimate of drug-likeness (QED) is 0.876. The first-order chi connectivity index (χ1) is 8.72. The van der Waals surface area contributed by atoms with Gasteiger partial charge in [-0.25, -0.2) is 0 Å². The van der Waals surface area contributed by atoms with Crippen molar-refractivity contribution in [2.24, 2.45) is 5.92 Å². The Morgan fingerprint density at radius 3 is 2.94 bits per heavy atom. The smallest absolute Gasteiger partial charge is 0.0594 e. The van der Waals surface area contributed by atoms with Crippen LogP contribution in [0.15, 0.2) is 24.3 Å². The summed E-state index contributed by atoms with van der Waals surface area (Å²) in [5, 5.41) is 4.45. The van der Waals surface area contributed by atoms with Gasteiger partial charge in [-0.15, -0.1) is 0 Å². The third kappa shape index (κ3) is 3.25. The maximum atomic E-state index is 6.11. The van der Waals surface area contributed by atoms with E-state index in [1.54, 1.807) is 0 Å². The topological polar surface area (TPSA) is 21.3 Å².